The normalized spacial score (nSPS) is 45.3. The lowest BCUT2D eigenvalue weighted by Gasteiger charge is -2.34. The summed E-state index contributed by atoms with van der Waals surface area (Å²) in [6, 6.07) is 0. The lowest BCUT2D eigenvalue weighted by atomic mass is 9.87. The van der Waals surface area contributed by atoms with Crippen molar-refractivity contribution in [1.82, 2.24) is 0 Å². The molecule has 0 aliphatic carbocycles. The van der Waals surface area contributed by atoms with E-state index in [-0.39, 0.29) is 23.9 Å². The minimum atomic E-state index is -0.550. The van der Waals surface area contributed by atoms with Gasteiger partial charge in [-0.1, -0.05) is 6.92 Å². The zero-order valence-corrected chi connectivity index (χ0v) is 7.07. The second-order valence-electron chi connectivity index (χ2n) is 3.28. The second-order valence-corrected chi connectivity index (χ2v) is 3.28. The van der Waals surface area contributed by atoms with Gasteiger partial charge in [0.2, 0.25) is 0 Å². The van der Waals surface area contributed by atoms with Crippen molar-refractivity contribution in [1.29, 1.82) is 0 Å². The molecule has 1 heterocycles. The summed E-state index contributed by atoms with van der Waals surface area (Å²) in [4.78, 5) is 11.0. The van der Waals surface area contributed by atoms with Crippen LogP contribution in [-0.4, -0.2) is 23.3 Å². The van der Waals surface area contributed by atoms with Crippen molar-refractivity contribution in [3.63, 3.8) is 0 Å². The van der Waals surface area contributed by atoms with Crippen LogP contribution in [0.3, 0.4) is 0 Å². The number of cyclic esters (lactones) is 1. The molecule has 0 amide bonds. The number of aliphatic hydroxyl groups excluding tert-OH is 1. The molecule has 64 valence electrons. The maximum absolute atomic E-state index is 11.0. The fourth-order valence-corrected chi connectivity index (χ4v) is 1.27. The van der Waals surface area contributed by atoms with Crippen LogP contribution < -0.4 is 0 Å². The first-order valence-electron chi connectivity index (χ1n) is 3.92. The Labute approximate surface area is 66.4 Å². The standard InChI is InChI=1S/C8H14O3/c1-4-6(3)11-8(10)5(2)7(4)9/h4-7,9H,1-3H3/t4-,5+,6?,7-/m0/s1. The van der Waals surface area contributed by atoms with E-state index >= 15 is 0 Å². The van der Waals surface area contributed by atoms with Gasteiger partial charge in [-0.2, -0.15) is 0 Å². The van der Waals surface area contributed by atoms with Gasteiger partial charge < -0.3 is 9.84 Å². The number of carbonyl (C=O) groups is 1. The quantitative estimate of drug-likeness (QED) is 0.524. The van der Waals surface area contributed by atoms with Crippen molar-refractivity contribution < 1.29 is 14.6 Å². The third kappa shape index (κ3) is 1.38. The van der Waals surface area contributed by atoms with Gasteiger partial charge in [0.15, 0.2) is 0 Å². The van der Waals surface area contributed by atoms with Crippen LogP contribution in [0.4, 0.5) is 0 Å². The molecule has 1 unspecified atom stereocenters. The molecular formula is C8H14O3. The summed E-state index contributed by atoms with van der Waals surface area (Å²) in [6.45, 7) is 5.38. The molecule has 11 heavy (non-hydrogen) atoms. The highest BCUT2D eigenvalue weighted by molar-refractivity contribution is 5.73. The molecule has 0 saturated carbocycles. The topological polar surface area (TPSA) is 46.5 Å². The van der Waals surface area contributed by atoms with Crippen LogP contribution in [0, 0.1) is 11.8 Å². The Hall–Kier alpha value is -0.570. The highest BCUT2D eigenvalue weighted by atomic mass is 16.5. The average molecular weight is 158 g/mol. The van der Waals surface area contributed by atoms with Gasteiger partial charge in [-0.05, 0) is 13.8 Å². The van der Waals surface area contributed by atoms with E-state index in [1.807, 2.05) is 6.92 Å². The maximum atomic E-state index is 11.0. The lowest BCUT2D eigenvalue weighted by Crippen LogP contribution is -2.45. The molecule has 0 aromatic heterocycles. The second kappa shape index (κ2) is 2.81. The summed E-state index contributed by atoms with van der Waals surface area (Å²) in [7, 11) is 0. The number of aliphatic hydroxyl groups is 1. The number of hydrogen-bond donors (Lipinski definition) is 1. The third-order valence-electron chi connectivity index (χ3n) is 2.47. The van der Waals surface area contributed by atoms with E-state index in [2.05, 4.69) is 0 Å². The van der Waals surface area contributed by atoms with Crippen molar-refractivity contribution >= 4 is 5.97 Å². The minimum Gasteiger partial charge on any atom is -0.462 e. The molecule has 3 heteroatoms. The molecule has 1 fully saturated rings. The first-order valence-corrected chi connectivity index (χ1v) is 3.92. The largest absolute Gasteiger partial charge is 0.462 e. The molecule has 0 spiro atoms. The minimum absolute atomic E-state index is 0.0442. The van der Waals surface area contributed by atoms with Crippen molar-refractivity contribution in [2.75, 3.05) is 0 Å². The number of esters is 1. The molecule has 3 nitrogen and oxygen atoms in total. The Kier molecular flexibility index (Phi) is 2.18. The highest BCUT2D eigenvalue weighted by Crippen LogP contribution is 2.25. The summed E-state index contributed by atoms with van der Waals surface area (Å²) >= 11 is 0. The van der Waals surface area contributed by atoms with Crippen LogP contribution in [0.15, 0.2) is 0 Å². The third-order valence-corrected chi connectivity index (χ3v) is 2.47. The van der Waals surface area contributed by atoms with Gasteiger partial charge >= 0.3 is 5.97 Å². The van der Waals surface area contributed by atoms with Gasteiger partial charge in [0.25, 0.3) is 0 Å². The van der Waals surface area contributed by atoms with Gasteiger partial charge in [-0.25, -0.2) is 0 Å². The van der Waals surface area contributed by atoms with Crippen LogP contribution in [0.2, 0.25) is 0 Å². The number of hydrogen-bond acceptors (Lipinski definition) is 3. The Balaban J connectivity index is 2.70. The summed E-state index contributed by atoms with van der Waals surface area (Å²) < 4.78 is 4.98. The Bertz CT molecular complexity index is 167. The Morgan fingerprint density at radius 3 is 2.45 bits per heavy atom. The van der Waals surface area contributed by atoms with E-state index in [1.165, 1.54) is 0 Å². The summed E-state index contributed by atoms with van der Waals surface area (Å²) in [5.41, 5.74) is 0. The predicted octanol–water partition coefficient (Wildman–Crippen LogP) is 0.565. The van der Waals surface area contributed by atoms with Gasteiger partial charge in [-0.15, -0.1) is 0 Å². The summed E-state index contributed by atoms with van der Waals surface area (Å²) in [5, 5.41) is 9.49. The van der Waals surface area contributed by atoms with Crippen molar-refractivity contribution in [3.05, 3.63) is 0 Å². The van der Waals surface area contributed by atoms with Gasteiger partial charge in [-0.3, -0.25) is 4.79 Å². The molecule has 0 aromatic carbocycles. The highest BCUT2D eigenvalue weighted by Gasteiger charge is 2.37. The van der Waals surface area contributed by atoms with Crippen LogP contribution in [0.5, 0.6) is 0 Å². The van der Waals surface area contributed by atoms with Gasteiger partial charge in [0, 0.05) is 5.92 Å². The van der Waals surface area contributed by atoms with Gasteiger partial charge in [0.05, 0.1) is 12.0 Å². The SMILES string of the molecule is CC1OC(=O)[C@H](C)[C@@H](O)[C@H]1C. The molecular weight excluding hydrogens is 144 g/mol. The molecule has 0 radical (unpaired) electrons. The maximum Gasteiger partial charge on any atom is 0.311 e. The Morgan fingerprint density at radius 2 is 1.91 bits per heavy atom. The summed E-state index contributed by atoms with van der Waals surface area (Å²) in [5.74, 6) is -0.619. The molecule has 1 saturated heterocycles. The molecule has 4 atom stereocenters. The molecule has 1 rings (SSSR count). The van der Waals surface area contributed by atoms with Crippen molar-refractivity contribution in [3.8, 4) is 0 Å². The molecule has 1 aliphatic rings. The summed E-state index contributed by atoms with van der Waals surface area (Å²) in [6.07, 6.45) is -0.708. The predicted molar refractivity (Wildman–Crippen MR) is 39.9 cm³/mol. The molecule has 1 N–H and O–H groups in total. The molecule has 1 aliphatic heterocycles. The number of rotatable bonds is 0. The molecule has 0 aromatic rings. The first kappa shape index (κ1) is 8.53. The van der Waals surface area contributed by atoms with Crippen LogP contribution in [0.25, 0.3) is 0 Å². The zero-order valence-electron chi connectivity index (χ0n) is 7.07. The van der Waals surface area contributed by atoms with Crippen LogP contribution in [-0.2, 0) is 9.53 Å². The zero-order chi connectivity index (χ0) is 8.59. The van der Waals surface area contributed by atoms with E-state index in [0.29, 0.717) is 0 Å². The van der Waals surface area contributed by atoms with E-state index in [4.69, 9.17) is 4.74 Å². The van der Waals surface area contributed by atoms with Crippen LogP contribution in [0.1, 0.15) is 20.8 Å². The fourth-order valence-electron chi connectivity index (χ4n) is 1.27. The number of ether oxygens (including phenoxy) is 1. The monoisotopic (exact) mass is 158 g/mol. The Morgan fingerprint density at radius 1 is 1.36 bits per heavy atom. The van der Waals surface area contributed by atoms with Crippen molar-refractivity contribution in [2.45, 2.75) is 33.0 Å². The first-order chi connectivity index (χ1) is 5.04. The van der Waals surface area contributed by atoms with Crippen molar-refractivity contribution in [2.24, 2.45) is 11.8 Å². The van der Waals surface area contributed by atoms with Gasteiger partial charge in [0.1, 0.15) is 6.10 Å². The average Bonchev–Trinajstić information content (AvgIpc) is 1.97. The molecule has 0 bridgehead atoms. The lowest BCUT2D eigenvalue weighted by molar-refractivity contribution is -0.175. The smallest absolute Gasteiger partial charge is 0.311 e. The van der Waals surface area contributed by atoms with E-state index in [0.717, 1.165) is 0 Å². The number of carbonyl (C=O) groups excluding carboxylic acids is 1. The van der Waals surface area contributed by atoms with Crippen LogP contribution >= 0.6 is 0 Å². The van der Waals surface area contributed by atoms with E-state index in [9.17, 15) is 9.90 Å². The van der Waals surface area contributed by atoms with E-state index < -0.39 is 6.10 Å². The van der Waals surface area contributed by atoms with E-state index in [1.54, 1.807) is 13.8 Å². The fraction of sp³-hybridized carbons (Fsp3) is 0.875.